The van der Waals surface area contributed by atoms with Crippen LogP contribution < -0.4 is 0 Å². The number of halogens is 1. The van der Waals surface area contributed by atoms with E-state index in [1.807, 2.05) is 0 Å². The minimum atomic E-state index is -1.33. The molecule has 0 unspecified atom stereocenters. The summed E-state index contributed by atoms with van der Waals surface area (Å²) in [6.07, 6.45) is 0. The first-order valence-electron chi connectivity index (χ1n) is 6.04. The molecule has 0 amide bonds. The van der Waals surface area contributed by atoms with Gasteiger partial charge in [0.05, 0.1) is 4.92 Å². The maximum atomic E-state index is 11.3. The van der Waals surface area contributed by atoms with E-state index in [2.05, 4.69) is 4.98 Å². The van der Waals surface area contributed by atoms with Crippen LogP contribution in [0, 0.1) is 10.1 Å². The molecule has 0 radical (unpaired) electrons. The molecular weight excluding hydrogens is 312 g/mol. The van der Waals surface area contributed by atoms with Crippen molar-refractivity contribution in [3.8, 4) is 11.5 Å². The Morgan fingerprint density at radius 1 is 1.32 bits per heavy atom. The topological polar surface area (TPSA) is 106 Å². The predicted molar refractivity (Wildman–Crippen MR) is 78.1 cm³/mol. The van der Waals surface area contributed by atoms with Crippen LogP contribution in [0.4, 0.5) is 5.69 Å². The van der Waals surface area contributed by atoms with E-state index in [-0.39, 0.29) is 28.2 Å². The van der Waals surface area contributed by atoms with Crippen molar-refractivity contribution in [2.75, 3.05) is 0 Å². The summed E-state index contributed by atoms with van der Waals surface area (Å²) in [4.78, 5) is 25.6. The van der Waals surface area contributed by atoms with Crippen LogP contribution >= 0.6 is 11.6 Å². The average molecular weight is 319 g/mol. The zero-order chi connectivity index (χ0) is 15.9. The monoisotopic (exact) mass is 318 g/mol. The molecule has 0 atom stereocenters. The number of nitro benzene ring substituents is 1. The Labute approximate surface area is 127 Å². The van der Waals surface area contributed by atoms with Gasteiger partial charge in [0.25, 0.3) is 5.69 Å². The van der Waals surface area contributed by atoms with Crippen molar-refractivity contribution in [1.29, 1.82) is 0 Å². The summed E-state index contributed by atoms with van der Waals surface area (Å²) < 4.78 is 5.46. The highest BCUT2D eigenvalue weighted by Gasteiger charge is 2.21. The van der Waals surface area contributed by atoms with Crippen LogP contribution in [0.15, 0.2) is 40.8 Å². The Kier molecular flexibility index (Phi) is 3.26. The van der Waals surface area contributed by atoms with E-state index >= 15 is 0 Å². The summed E-state index contributed by atoms with van der Waals surface area (Å²) in [6.45, 7) is 0. The molecule has 22 heavy (non-hydrogen) atoms. The molecule has 0 saturated heterocycles. The fourth-order valence-electron chi connectivity index (χ4n) is 2.03. The zero-order valence-corrected chi connectivity index (χ0v) is 11.6. The molecule has 0 spiro atoms. The lowest BCUT2D eigenvalue weighted by Gasteiger charge is -1.96. The van der Waals surface area contributed by atoms with Crippen LogP contribution in [0.3, 0.4) is 0 Å². The van der Waals surface area contributed by atoms with E-state index in [4.69, 9.17) is 16.0 Å². The second kappa shape index (κ2) is 5.12. The van der Waals surface area contributed by atoms with E-state index in [9.17, 15) is 20.0 Å². The van der Waals surface area contributed by atoms with Gasteiger partial charge >= 0.3 is 5.97 Å². The van der Waals surface area contributed by atoms with Crippen LogP contribution in [0.1, 0.15) is 10.4 Å². The fraction of sp³-hybridized carbons (Fsp3) is 0. The molecule has 110 valence electrons. The standard InChI is InChI=1S/C14H7ClN2O5/c15-8-3-1-2-7(4-8)13-16-11-6-9(17(20)21)5-10(14(18)19)12(11)22-13/h1-6H,(H,18,19). The number of aromatic nitrogens is 1. The summed E-state index contributed by atoms with van der Waals surface area (Å²) in [5.41, 5.74) is -0.0573. The van der Waals surface area contributed by atoms with Crippen molar-refractivity contribution >= 4 is 34.4 Å². The number of nitrogens with zero attached hydrogens (tertiary/aromatic N) is 2. The first-order valence-corrected chi connectivity index (χ1v) is 6.41. The molecule has 0 fully saturated rings. The fourth-order valence-corrected chi connectivity index (χ4v) is 2.22. The number of carboxylic acids is 1. The van der Waals surface area contributed by atoms with Crippen LogP contribution in [0.5, 0.6) is 0 Å². The second-order valence-electron chi connectivity index (χ2n) is 4.43. The van der Waals surface area contributed by atoms with E-state index in [1.165, 1.54) is 6.07 Å². The number of fused-ring (bicyclic) bond motifs is 1. The number of rotatable bonds is 3. The van der Waals surface area contributed by atoms with Crippen LogP contribution in [-0.2, 0) is 0 Å². The maximum absolute atomic E-state index is 11.3. The third kappa shape index (κ3) is 2.38. The van der Waals surface area contributed by atoms with E-state index in [1.54, 1.807) is 24.3 Å². The van der Waals surface area contributed by atoms with Gasteiger partial charge in [-0.2, -0.15) is 0 Å². The lowest BCUT2D eigenvalue weighted by molar-refractivity contribution is -0.384. The molecule has 0 saturated carbocycles. The minimum Gasteiger partial charge on any atom is -0.478 e. The first kappa shape index (κ1) is 14.0. The van der Waals surface area contributed by atoms with Gasteiger partial charge in [0, 0.05) is 22.7 Å². The van der Waals surface area contributed by atoms with Gasteiger partial charge in [0.1, 0.15) is 11.1 Å². The minimum absolute atomic E-state index is 0.0203. The predicted octanol–water partition coefficient (Wildman–Crippen LogP) is 3.75. The molecule has 1 aromatic heterocycles. The number of hydrogen-bond donors (Lipinski definition) is 1. The van der Waals surface area contributed by atoms with Gasteiger partial charge in [-0.3, -0.25) is 10.1 Å². The molecule has 0 aliphatic heterocycles. The molecule has 1 N–H and O–H groups in total. The Hall–Kier alpha value is -2.93. The number of nitro groups is 1. The summed E-state index contributed by atoms with van der Waals surface area (Å²) in [5, 5.41) is 20.5. The van der Waals surface area contributed by atoms with Gasteiger partial charge in [-0.25, -0.2) is 9.78 Å². The van der Waals surface area contributed by atoms with Crippen molar-refractivity contribution < 1.29 is 19.2 Å². The Morgan fingerprint density at radius 3 is 2.73 bits per heavy atom. The molecule has 8 heteroatoms. The number of non-ortho nitro benzene ring substituents is 1. The molecule has 3 rings (SSSR count). The number of oxazole rings is 1. The lowest BCUT2D eigenvalue weighted by atomic mass is 10.2. The van der Waals surface area contributed by atoms with Crippen molar-refractivity contribution in [3.63, 3.8) is 0 Å². The Balaban J connectivity index is 2.26. The van der Waals surface area contributed by atoms with Gasteiger partial charge < -0.3 is 9.52 Å². The van der Waals surface area contributed by atoms with Gasteiger partial charge in [0.2, 0.25) is 5.89 Å². The number of benzene rings is 2. The molecule has 0 bridgehead atoms. The molecule has 7 nitrogen and oxygen atoms in total. The van der Waals surface area contributed by atoms with Crippen molar-refractivity contribution in [2.24, 2.45) is 0 Å². The van der Waals surface area contributed by atoms with Crippen LogP contribution in [-0.4, -0.2) is 21.0 Å². The Morgan fingerprint density at radius 2 is 2.09 bits per heavy atom. The van der Waals surface area contributed by atoms with Crippen LogP contribution in [0.2, 0.25) is 5.02 Å². The number of hydrogen-bond acceptors (Lipinski definition) is 5. The van der Waals surface area contributed by atoms with Gasteiger partial charge in [0.15, 0.2) is 5.58 Å². The summed E-state index contributed by atoms with van der Waals surface area (Å²) >= 11 is 5.89. The Bertz CT molecular complexity index is 919. The second-order valence-corrected chi connectivity index (χ2v) is 4.87. The first-order chi connectivity index (χ1) is 10.5. The highest BCUT2D eigenvalue weighted by atomic mass is 35.5. The summed E-state index contributed by atoms with van der Waals surface area (Å²) in [6, 6.07) is 8.75. The van der Waals surface area contributed by atoms with Crippen molar-refractivity contribution in [2.45, 2.75) is 0 Å². The van der Waals surface area contributed by atoms with Crippen molar-refractivity contribution in [1.82, 2.24) is 4.98 Å². The van der Waals surface area contributed by atoms with Gasteiger partial charge in [-0.05, 0) is 18.2 Å². The molecule has 3 aromatic rings. The quantitative estimate of drug-likeness (QED) is 0.582. The van der Waals surface area contributed by atoms with Crippen molar-refractivity contribution in [3.05, 3.63) is 57.1 Å². The van der Waals surface area contributed by atoms with E-state index in [0.717, 1.165) is 6.07 Å². The van der Waals surface area contributed by atoms with Gasteiger partial charge in [-0.15, -0.1) is 0 Å². The average Bonchev–Trinajstić information content (AvgIpc) is 2.89. The van der Waals surface area contributed by atoms with E-state index in [0.29, 0.717) is 10.6 Å². The van der Waals surface area contributed by atoms with Gasteiger partial charge in [-0.1, -0.05) is 17.7 Å². The number of aromatic carboxylic acids is 1. The maximum Gasteiger partial charge on any atom is 0.339 e. The zero-order valence-electron chi connectivity index (χ0n) is 10.8. The summed E-state index contributed by atoms with van der Waals surface area (Å²) in [7, 11) is 0. The van der Waals surface area contributed by atoms with Crippen LogP contribution in [0.25, 0.3) is 22.6 Å². The molecular formula is C14H7ClN2O5. The highest BCUT2D eigenvalue weighted by molar-refractivity contribution is 6.30. The SMILES string of the molecule is O=C(O)c1cc([N+](=O)[O-])cc2nc(-c3cccc(Cl)c3)oc12. The smallest absolute Gasteiger partial charge is 0.339 e. The van der Waals surface area contributed by atoms with E-state index < -0.39 is 10.9 Å². The molecule has 0 aliphatic carbocycles. The summed E-state index contributed by atoms with van der Waals surface area (Å²) in [5.74, 6) is -1.19. The third-order valence-electron chi connectivity index (χ3n) is 2.99. The number of carboxylic acid groups (broad SMARTS) is 1. The largest absolute Gasteiger partial charge is 0.478 e. The molecule has 0 aliphatic rings. The third-order valence-corrected chi connectivity index (χ3v) is 3.22. The number of carbonyl (C=O) groups is 1. The normalized spacial score (nSPS) is 10.8. The highest BCUT2D eigenvalue weighted by Crippen LogP contribution is 2.31. The molecule has 2 aromatic carbocycles. The molecule has 1 heterocycles. The lowest BCUT2D eigenvalue weighted by Crippen LogP contribution is -1.99.